The molecule has 1 fully saturated rings. The fourth-order valence-electron chi connectivity index (χ4n) is 2.78. The van der Waals surface area contributed by atoms with Gasteiger partial charge in [-0.3, -0.25) is 9.78 Å². The molecule has 1 aromatic heterocycles. The van der Waals surface area contributed by atoms with Crippen molar-refractivity contribution in [2.24, 2.45) is 11.3 Å². The zero-order valence-corrected chi connectivity index (χ0v) is 11.9. The van der Waals surface area contributed by atoms with Crippen molar-refractivity contribution in [3.63, 3.8) is 0 Å². The summed E-state index contributed by atoms with van der Waals surface area (Å²) in [5, 5.41) is 9.38. The van der Waals surface area contributed by atoms with Crippen molar-refractivity contribution in [3.05, 3.63) is 24.0 Å². The third-order valence-corrected chi connectivity index (χ3v) is 4.32. The second-order valence-corrected chi connectivity index (χ2v) is 5.97. The number of aryl methyl sites for hydroxylation is 1. The molecule has 2 rings (SSSR count). The molecule has 0 saturated carbocycles. The van der Waals surface area contributed by atoms with Gasteiger partial charge in [-0.1, -0.05) is 0 Å². The van der Waals surface area contributed by atoms with Gasteiger partial charge >= 0.3 is 5.97 Å². The first-order chi connectivity index (χ1) is 8.93. The van der Waals surface area contributed by atoms with E-state index in [1.54, 1.807) is 6.20 Å². The summed E-state index contributed by atoms with van der Waals surface area (Å²) in [5.41, 5.74) is 1.66. The quantitative estimate of drug-likeness (QED) is 0.910. The second kappa shape index (κ2) is 5.19. The van der Waals surface area contributed by atoms with Crippen LogP contribution in [0, 0.1) is 18.3 Å². The first-order valence-electron chi connectivity index (χ1n) is 6.82. The van der Waals surface area contributed by atoms with Gasteiger partial charge in [0, 0.05) is 31.2 Å². The zero-order chi connectivity index (χ0) is 14.0. The molecule has 1 atom stereocenters. The number of carboxylic acids is 1. The predicted molar refractivity (Wildman–Crippen MR) is 75.3 cm³/mol. The Labute approximate surface area is 114 Å². The number of aromatic nitrogens is 1. The van der Waals surface area contributed by atoms with Gasteiger partial charge < -0.3 is 10.0 Å². The van der Waals surface area contributed by atoms with Gasteiger partial charge in [-0.2, -0.15) is 0 Å². The topological polar surface area (TPSA) is 53.4 Å². The van der Waals surface area contributed by atoms with E-state index in [1.165, 1.54) is 5.69 Å². The minimum atomic E-state index is -0.703. The standard InChI is InChI=1S/C15H22N2O2/c1-11-9-16-7-6-13(11)17-8-4-5-12(10-17)15(2,3)14(18)19/h6-7,9,12H,4-5,8,10H2,1-3H3,(H,18,19). The highest BCUT2D eigenvalue weighted by molar-refractivity contribution is 5.74. The molecule has 2 heterocycles. The summed E-state index contributed by atoms with van der Waals surface area (Å²) in [7, 11) is 0. The summed E-state index contributed by atoms with van der Waals surface area (Å²) < 4.78 is 0. The Bertz CT molecular complexity index is 471. The third kappa shape index (κ3) is 2.72. The highest BCUT2D eigenvalue weighted by Crippen LogP contribution is 2.36. The van der Waals surface area contributed by atoms with E-state index in [-0.39, 0.29) is 5.92 Å². The van der Waals surface area contributed by atoms with E-state index in [9.17, 15) is 9.90 Å². The summed E-state index contributed by atoms with van der Waals surface area (Å²) in [5.74, 6) is -0.517. The summed E-state index contributed by atoms with van der Waals surface area (Å²) >= 11 is 0. The molecular formula is C15H22N2O2. The summed E-state index contributed by atoms with van der Waals surface area (Å²) in [4.78, 5) is 17.8. The van der Waals surface area contributed by atoms with Crippen molar-refractivity contribution in [1.29, 1.82) is 0 Å². The van der Waals surface area contributed by atoms with Crippen LogP contribution in [0.2, 0.25) is 0 Å². The number of piperidine rings is 1. The maximum Gasteiger partial charge on any atom is 0.309 e. The number of aliphatic carboxylic acids is 1. The van der Waals surface area contributed by atoms with E-state index in [4.69, 9.17) is 0 Å². The average Bonchev–Trinajstić information content (AvgIpc) is 2.39. The lowest BCUT2D eigenvalue weighted by molar-refractivity contribution is -0.150. The molecule has 0 aromatic carbocycles. The number of nitrogens with zero attached hydrogens (tertiary/aromatic N) is 2. The van der Waals surface area contributed by atoms with Crippen LogP contribution in [0.3, 0.4) is 0 Å². The van der Waals surface area contributed by atoms with Crippen molar-refractivity contribution >= 4 is 11.7 Å². The van der Waals surface area contributed by atoms with Crippen LogP contribution in [0.1, 0.15) is 32.3 Å². The Kier molecular flexibility index (Phi) is 3.78. The molecule has 0 spiro atoms. The van der Waals surface area contributed by atoms with E-state index in [1.807, 2.05) is 33.0 Å². The van der Waals surface area contributed by atoms with Crippen LogP contribution in [0.5, 0.6) is 0 Å². The third-order valence-electron chi connectivity index (χ3n) is 4.32. The van der Waals surface area contributed by atoms with Crippen molar-refractivity contribution in [3.8, 4) is 0 Å². The number of hydrogen-bond acceptors (Lipinski definition) is 3. The minimum Gasteiger partial charge on any atom is -0.481 e. The van der Waals surface area contributed by atoms with E-state index < -0.39 is 11.4 Å². The second-order valence-electron chi connectivity index (χ2n) is 5.97. The molecule has 1 aromatic rings. The summed E-state index contributed by atoms with van der Waals surface area (Å²) in [6, 6.07) is 2.02. The van der Waals surface area contributed by atoms with E-state index >= 15 is 0 Å². The lowest BCUT2D eigenvalue weighted by Gasteiger charge is -2.40. The largest absolute Gasteiger partial charge is 0.481 e. The van der Waals surface area contributed by atoms with Crippen LogP contribution < -0.4 is 4.90 Å². The lowest BCUT2D eigenvalue weighted by atomic mass is 9.74. The number of rotatable bonds is 3. The zero-order valence-electron chi connectivity index (χ0n) is 11.9. The highest BCUT2D eigenvalue weighted by atomic mass is 16.4. The average molecular weight is 262 g/mol. The Morgan fingerprint density at radius 1 is 1.53 bits per heavy atom. The molecular weight excluding hydrogens is 240 g/mol. The Morgan fingerprint density at radius 3 is 2.89 bits per heavy atom. The maximum atomic E-state index is 11.4. The van der Waals surface area contributed by atoms with Gasteiger partial charge in [0.25, 0.3) is 0 Å². The van der Waals surface area contributed by atoms with Gasteiger partial charge in [0.1, 0.15) is 0 Å². The number of hydrogen-bond donors (Lipinski definition) is 1. The predicted octanol–water partition coefficient (Wildman–Crippen LogP) is 2.72. The summed E-state index contributed by atoms with van der Waals surface area (Å²) in [6.07, 6.45) is 5.69. The maximum absolute atomic E-state index is 11.4. The molecule has 4 nitrogen and oxygen atoms in total. The normalized spacial score (nSPS) is 20.4. The molecule has 0 radical (unpaired) electrons. The number of anilines is 1. The van der Waals surface area contributed by atoms with Crippen molar-refractivity contribution in [2.75, 3.05) is 18.0 Å². The van der Waals surface area contributed by atoms with Crippen molar-refractivity contribution in [2.45, 2.75) is 33.6 Å². The fourth-order valence-corrected chi connectivity index (χ4v) is 2.78. The molecule has 1 saturated heterocycles. The SMILES string of the molecule is Cc1cnccc1N1CCCC(C(C)(C)C(=O)O)C1. The first kappa shape index (κ1) is 13.8. The summed E-state index contributed by atoms with van der Waals surface area (Å²) in [6.45, 7) is 7.53. The van der Waals surface area contributed by atoms with Gasteiger partial charge in [0.2, 0.25) is 0 Å². The van der Waals surface area contributed by atoms with Crippen molar-refractivity contribution in [1.82, 2.24) is 4.98 Å². The Morgan fingerprint density at radius 2 is 2.26 bits per heavy atom. The van der Waals surface area contributed by atoms with E-state index in [0.717, 1.165) is 31.5 Å². The molecule has 104 valence electrons. The number of pyridine rings is 1. The molecule has 1 aliphatic heterocycles. The molecule has 1 unspecified atom stereocenters. The molecule has 0 bridgehead atoms. The first-order valence-corrected chi connectivity index (χ1v) is 6.82. The van der Waals surface area contributed by atoms with Gasteiger partial charge in [0.05, 0.1) is 5.41 Å². The van der Waals surface area contributed by atoms with Crippen LogP contribution in [0.25, 0.3) is 0 Å². The van der Waals surface area contributed by atoms with E-state index in [0.29, 0.717) is 0 Å². The minimum absolute atomic E-state index is 0.186. The van der Waals surface area contributed by atoms with Crippen LogP contribution in [-0.2, 0) is 4.79 Å². The molecule has 1 N–H and O–H groups in total. The van der Waals surface area contributed by atoms with Gasteiger partial charge in [-0.25, -0.2) is 0 Å². The Balaban J connectivity index is 2.18. The van der Waals surface area contributed by atoms with Crippen LogP contribution in [0.15, 0.2) is 18.5 Å². The lowest BCUT2D eigenvalue weighted by Crippen LogP contribution is -2.45. The molecule has 19 heavy (non-hydrogen) atoms. The number of carboxylic acid groups (broad SMARTS) is 1. The van der Waals surface area contributed by atoms with Gasteiger partial charge in [-0.15, -0.1) is 0 Å². The highest BCUT2D eigenvalue weighted by Gasteiger charge is 2.39. The van der Waals surface area contributed by atoms with Crippen LogP contribution >= 0.6 is 0 Å². The molecule has 4 heteroatoms. The van der Waals surface area contributed by atoms with Crippen LogP contribution in [0.4, 0.5) is 5.69 Å². The monoisotopic (exact) mass is 262 g/mol. The fraction of sp³-hybridized carbons (Fsp3) is 0.600. The molecule has 0 aliphatic carbocycles. The smallest absolute Gasteiger partial charge is 0.309 e. The number of carbonyl (C=O) groups is 1. The van der Waals surface area contributed by atoms with Gasteiger partial charge in [0.15, 0.2) is 0 Å². The van der Waals surface area contributed by atoms with Gasteiger partial charge in [-0.05, 0) is 51.2 Å². The molecule has 1 aliphatic rings. The molecule has 0 amide bonds. The Hall–Kier alpha value is -1.58. The van der Waals surface area contributed by atoms with Crippen LogP contribution in [-0.4, -0.2) is 29.1 Å². The van der Waals surface area contributed by atoms with E-state index in [2.05, 4.69) is 9.88 Å². The van der Waals surface area contributed by atoms with Crippen molar-refractivity contribution < 1.29 is 9.90 Å².